The minimum atomic E-state index is -3.64. The fourth-order valence-corrected chi connectivity index (χ4v) is 6.87. The third kappa shape index (κ3) is 4.68. The van der Waals surface area contributed by atoms with Crippen molar-refractivity contribution in [2.45, 2.75) is 34.4 Å². The Labute approximate surface area is 208 Å². The summed E-state index contributed by atoms with van der Waals surface area (Å²) in [6.07, 6.45) is 1.52. The molecule has 1 atom stereocenters. The summed E-state index contributed by atoms with van der Waals surface area (Å²) in [6, 6.07) is 20.2. The Morgan fingerprint density at radius 2 is 1.88 bits per heavy atom. The zero-order valence-electron chi connectivity index (χ0n) is 18.6. The van der Waals surface area contributed by atoms with E-state index in [1.807, 2.05) is 18.2 Å². The highest BCUT2D eigenvalue weighted by atomic mass is 35.5. The lowest BCUT2D eigenvalue weighted by atomic mass is 10.2. The molecule has 1 fully saturated rings. The van der Waals surface area contributed by atoms with Crippen molar-refractivity contribution in [3.63, 3.8) is 0 Å². The van der Waals surface area contributed by atoms with Crippen molar-refractivity contribution < 1.29 is 13.2 Å². The number of H-pyrrole nitrogens is 1. The number of imidazole rings is 1. The van der Waals surface area contributed by atoms with Gasteiger partial charge in [-0.15, -0.1) is 11.8 Å². The molecule has 0 aliphatic carbocycles. The molecular formula is C25H24ClN3O3S2. The molecule has 4 aromatic rings. The van der Waals surface area contributed by atoms with E-state index in [9.17, 15) is 8.42 Å². The van der Waals surface area contributed by atoms with Gasteiger partial charge in [0.15, 0.2) is 0 Å². The third-order valence-corrected chi connectivity index (χ3v) is 9.22. The van der Waals surface area contributed by atoms with Crippen LogP contribution >= 0.6 is 23.4 Å². The fraction of sp³-hybridized carbons (Fsp3) is 0.240. The molecule has 0 saturated carbocycles. The van der Waals surface area contributed by atoms with Gasteiger partial charge in [0, 0.05) is 22.2 Å². The first kappa shape index (κ1) is 23.2. The SMILES string of the molecule is COc1ccc(CSc2ccc3nc(C4CCCN4S(=O)(=O)c4ccc(Cl)cc4)[nH]c3c2)cc1. The molecule has 5 rings (SSSR count). The molecule has 0 amide bonds. The van der Waals surface area contributed by atoms with Crippen molar-refractivity contribution in [1.29, 1.82) is 0 Å². The van der Waals surface area contributed by atoms with Gasteiger partial charge in [-0.2, -0.15) is 4.31 Å². The average molecular weight is 514 g/mol. The lowest BCUT2D eigenvalue weighted by molar-refractivity contribution is 0.385. The standard InChI is InChI=1S/C25H24ClN3O3S2/c1-32-19-8-4-17(5-9-19)16-33-20-10-13-22-23(15-20)28-25(27-22)24-3-2-14-29(24)34(30,31)21-11-6-18(26)7-12-21/h4-13,15,24H,2-3,14,16H2,1H3,(H,27,28). The van der Waals surface area contributed by atoms with E-state index < -0.39 is 10.0 Å². The van der Waals surface area contributed by atoms with Crippen molar-refractivity contribution in [2.75, 3.05) is 13.7 Å². The van der Waals surface area contributed by atoms with E-state index in [2.05, 4.69) is 29.2 Å². The number of thioether (sulfide) groups is 1. The maximum atomic E-state index is 13.3. The average Bonchev–Trinajstić information content (AvgIpc) is 3.50. The zero-order chi connectivity index (χ0) is 23.7. The Hall–Kier alpha value is -2.52. The first-order valence-corrected chi connectivity index (χ1v) is 13.8. The van der Waals surface area contributed by atoms with Crippen LogP contribution in [0, 0.1) is 0 Å². The number of hydrogen-bond acceptors (Lipinski definition) is 5. The largest absolute Gasteiger partial charge is 0.497 e. The van der Waals surface area contributed by atoms with Gasteiger partial charge in [0.05, 0.1) is 29.1 Å². The number of benzene rings is 3. The zero-order valence-corrected chi connectivity index (χ0v) is 21.0. The Morgan fingerprint density at radius 3 is 2.62 bits per heavy atom. The van der Waals surface area contributed by atoms with Gasteiger partial charge in [-0.1, -0.05) is 23.7 Å². The van der Waals surface area contributed by atoms with E-state index in [0.29, 0.717) is 17.4 Å². The molecule has 3 aromatic carbocycles. The van der Waals surface area contributed by atoms with Crippen LogP contribution in [0.2, 0.25) is 5.02 Å². The number of nitrogens with one attached hydrogen (secondary N) is 1. The first-order chi connectivity index (χ1) is 16.4. The molecule has 0 bridgehead atoms. The summed E-state index contributed by atoms with van der Waals surface area (Å²) in [5, 5.41) is 0.509. The van der Waals surface area contributed by atoms with Crippen LogP contribution in [0.4, 0.5) is 0 Å². The van der Waals surface area contributed by atoms with Crippen LogP contribution in [0.5, 0.6) is 5.75 Å². The number of ether oxygens (including phenoxy) is 1. The van der Waals surface area contributed by atoms with Crippen LogP contribution in [0.25, 0.3) is 11.0 Å². The molecule has 1 aliphatic rings. The van der Waals surface area contributed by atoms with Gasteiger partial charge in [0.1, 0.15) is 11.6 Å². The Kier molecular flexibility index (Phi) is 6.57. The number of aromatic amines is 1. The van der Waals surface area contributed by atoms with Gasteiger partial charge in [-0.25, -0.2) is 13.4 Å². The molecule has 176 valence electrons. The number of halogens is 1. The lowest BCUT2D eigenvalue weighted by Gasteiger charge is -2.22. The summed E-state index contributed by atoms with van der Waals surface area (Å²) < 4.78 is 33.3. The fourth-order valence-electron chi connectivity index (χ4n) is 4.19. The predicted molar refractivity (Wildman–Crippen MR) is 136 cm³/mol. The number of aromatic nitrogens is 2. The van der Waals surface area contributed by atoms with Crippen molar-refractivity contribution in [3.05, 3.63) is 83.1 Å². The van der Waals surface area contributed by atoms with E-state index in [1.54, 1.807) is 47.4 Å². The third-order valence-electron chi connectivity index (χ3n) is 5.98. The molecule has 34 heavy (non-hydrogen) atoms. The van der Waals surface area contributed by atoms with Crippen LogP contribution in [0.15, 0.2) is 76.5 Å². The van der Waals surface area contributed by atoms with E-state index in [1.165, 1.54) is 5.56 Å². The van der Waals surface area contributed by atoms with E-state index in [0.717, 1.165) is 40.3 Å². The maximum Gasteiger partial charge on any atom is 0.243 e. The monoisotopic (exact) mass is 513 g/mol. The minimum Gasteiger partial charge on any atom is -0.497 e. The topological polar surface area (TPSA) is 75.3 Å². The summed E-state index contributed by atoms with van der Waals surface area (Å²) in [7, 11) is -1.98. The first-order valence-electron chi connectivity index (χ1n) is 11.0. The summed E-state index contributed by atoms with van der Waals surface area (Å²) in [5.41, 5.74) is 2.95. The molecule has 0 radical (unpaired) electrons. The number of nitrogens with zero attached hydrogens (tertiary/aromatic N) is 2. The van der Waals surface area contributed by atoms with Gasteiger partial charge in [0.2, 0.25) is 10.0 Å². The lowest BCUT2D eigenvalue weighted by Crippen LogP contribution is -2.31. The second-order valence-electron chi connectivity index (χ2n) is 8.17. The normalized spacial score (nSPS) is 16.8. The minimum absolute atomic E-state index is 0.247. The molecule has 1 unspecified atom stereocenters. The molecule has 1 aliphatic heterocycles. The van der Waals surface area contributed by atoms with Gasteiger partial charge >= 0.3 is 0 Å². The van der Waals surface area contributed by atoms with Gasteiger partial charge in [-0.3, -0.25) is 0 Å². The van der Waals surface area contributed by atoms with Crippen molar-refractivity contribution in [1.82, 2.24) is 14.3 Å². The Balaban J connectivity index is 1.35. The number of methoxy groups -OCH3 is 1. The van der Waals surface area contributed by atoms with Gasteiger partial charge in [-0.05, 0) is 73.0 Å². The van der Waals surface area contributed by atoms with Crippen LogP contribution in [0.3, 0.4) is 0 Å². The summed E-state index contributed by atoms with van der Waals surface area (Å²) in [5.74, 6) is 2.37. The molecule has 1 saturated heterocycles. The maximum absolute atomic E-state index is 13.3. The number of rotatable bonds is 7. The van der Waals surface area contributed by atoms with Crippen LogP contribution in [-0.4, -0.2) is 36.3 Å². The quantitative estimate of drug-likeness (QED) is 0.305. The molecule has 1 N–H and O–H groups in total. The molecule has 2 heterocycles. The molecule has 1 aromatic heterocycles. The van der Waals surface area contributed by atoms with Gasteiger partial charge in [0.25, 0.3) is 0 Å². The molecule has 9 heteroatoms. The van der Waals surface area contributed by atoms with E-state index in [-0.39, 0.29) is 10.9 Å². The van der Waals surface area contributed by atoms with E-state index >= 15 is 0 Å². The molecule has 0 spiro atoms. The highest BCUT2D eigenvalue weighted by molar-refractivity contribution is 7.98. The van der Waals surface area contributed by atoms with Crippen LogP contribution in [-0.2, 0) is 15.8 Å². The predicted octanol–water partition coefficient (Wildman–Crippen LogP) is 6.04. The second kappa shape index (κ2) is 9.62. The number of fused-ring (bicyclic) bond motifs is 1. The van der Waals surface area contributed by atoms with Crippen molar-refractivity contribution in [2.24, 2.45) is 0 Å². The van der Waals surface area contributed by atoms with Crippen molar-refractivity contribution in [3.8, 4) is 5.75 Å². The summed E-state index contributed by atoms with van der Waals surface area (Å²) in [6.45, 7) is 0.468. The van der Waals surface area contributed by atoms with Gasteiger partial charge < -0.3 is 9.72 Å². The van der Waals surface area contributed by atoms with Crippen LogP contribution < -0.4 is 4.74 Å². The summed E-state index contributed by atoms with van der Waals surface area (Å²) >= 11 is 7.68. The molecular weight excluding hydrogens is 490 g/mol. The van der Waals surface area contributed by atoms with Crippen molar-refractivity contribution >= 4 is 44.4 Å². The van der Waals surface area contributed by atoms with E-state index in [4.69, 9.17) is 21.3 Å². The Morgan fingerprint density at radius 1 is 1.12 bits per heavy atom. The summed E-state index contributed by atoms with van der Waals surface area (Å²) in [4.78, 5) is 9.49. The highest BCUT2D eigenvalue weighted by Crippen LogP contribution is 2.37. The van der Waals surface area contributed by atoms with Crippen LogP contribution in [0.1, 0.15) is 30.3 Å². The number of hydrogen-bond donors (Lipinski definition) is 1. The highest BCUT2D eigenvalue weighted by Gasteiger charge is 2.37. The second-order valence-corrected chi connectivity index (χ2v) is 11.5. The molecule has 6 nitrogen and oxygen atoms in total. The number of sulfonamides is 1. The Bertz CT molecular complexity index is 1400. The smallest absolute Gasteiger partial charge is 0.243 e.